The second-order valence-electron chi connectivity index (χ2n) is 14.1. The molecular formula is C47H57NO6. The Bertz CT molecular complexity index is 1740. The fraction of sp³-hybridized carbons (Fsp3) is 0.383. The zero-order chi connectivity index (χ0) is 38.4. The zero-order valence-corrected chi connectivity index (χ0v) is 32.6. The molecule has 0 aromatic heterocycles. The van der Waals surface area contributed by atoms with Gasteiger partial charge in [0.15, 0.2) is 0 Å². The highest BCUT2D eigenvalue weighted by atomic mass is 16.5. The second-order valence-corrected chi connectivity index (χ2v) is 14.1. The predicted octanol–water partition coefficient (Wildman–Crippen LogP) is 12.5. The molecule has 0 N–H and O–H groups in total. The van der Waals surface area contributed by atoms with Crippen molar-refractivity contribution in [1.29, 1.82) is 0 Å². The zero-order valence-electron chi connectivity index (χ0n) is 32.6. The lowest BCUT2D eigenvalue weighted by Gasteiger charge is -2.12. The van der Waals surface area contributed by atoms with Crippen molar-refractivity contribution in [2.75, 3.05) is 13.2 Å². The highest BCUT2D eigenvalue weighted by Gasteiger charge is 2.11. The van der Waals surface area contributed by atoms with Crippen LogP contribution in [0.2, 0.25) is 0 Å². The molecule has 1 atom stereocenters. The molecule has 54 heavy (non-hydrogen) atoms. The van der Waals surface area contributed by atoms with Crippen LogP contribution in [0.5, 0.6) is 23.0 Å². The molecule has 1 unspecified atom stereocenters. The van der Waals surface area contributed by atoms with Crippen LogP contribution in [0.1, 0.15) is 125 Å². The first kappa shape index (κ1) is 41.6. The second kappa shape index (κ2) is 23.5. The van der Waals surface area contributed by atoms with E-state index in [1.165, 1.54) is 50.5 Å². The third-order valence-corrected chi connectivity index (χ3v) is 9.04. The molecule has 0 spiro atoms. The van der Waals surface area contributed by atoms with Gasteiger partial charge in [0, 0.05) is 6.21 Å². The Labute approximate surface area is 322 Å². The lowest BCUT2D eigenvalue weighted by molar-refractivity contribution is 0.0725. The molecule has 0 amide bonds. The standard InChI is InChI=1S/C47H57NO6/c1-5-6-7-8-9-10-11-12-33-51-42-26-18-39(19-27-42)46(49)53-44-24-16-38(17-25-44)35-48-41-22-30-45(31-23-41)54-47(50)40-20-28-43(29-21-40)52-34-32-37(4)15-13-14-36(2)3/h14,16-31,35,37H,5-13,15,32-34H2,1-4H3. The van der Waals surface area contributed by atoms with Gasteiger partial charge in [0.2, 0.25) is 0 Å². The molecule has 0 aliphatic heterocycles. The number of carbonyl (C=O) groups excluding carboxylic acids is 2. The summed E-state index contributed by atoms with van der Waals surface area (Å²) < 4.78 is 22.9. The molecule has 0 heterocycles. The Kier molecular flexibility index (Phi) is 18.1. The lowest BCUT2D eigenvalue weighted by atomic mass is 10.0. The fourth-order valence-corrected chi connectivity index (χ4v) is 5.68. The maximum atomic E-state index is 12.7. The summed E-state index contributed by atoms with van der Waals surface area (Å²) >= 11 is 0. The first-order valence-corrected chi connectivity index (χ1v) is 19.6. The normalized spacial score (nSPS) is 11.6. The summed E-state index contributed by atoms with van der Waals surface area (Å²) in [6, 6.07) is 28.2. The van der Waals surface area contributed by atoms with Gasteiger partial charge in [-0.15, -0.1) is 0 Å². The van der Waals surface area contributed by atoms with E-state index in [4.69, 9.17) is 18.9 Å². The maximum Gasteiger partial charge on any atom is 0.343 e. The number of hydrogen-bond acceptors (Lipinski definition) is 7. The van der Waals surface area contributed by atoms with E-state index in [1.807, 2.05) is 24.3 Å². The van der Waals surface area contributed by atoms with Crippen molar-refractivity contribution < 1.29 is 28.5 Å². The van der Waals surface area contributed by atoms with E-state index >= 15 is 0 Å². The van der Waals surface area contributed by atoms with E-state index in [0.717, 1.165) is 42.7 Å². The van der Waals surface area contributed by atoms with Gasteiger partial charge in [0.1, 0.15) is 23.0 Å². The van der Waals surface area contributed by atoms with Crippen LogP contribution < -0.4 is 18.9 Å². The number of hydrogen-bond donors (Lipinski definition) is 0. The molecule has 0 aliphatic carbocycles. The van der Waals surface area contributed by atoms with E-state index in [-0.39, 0.29) is 0 Å². The van der Waals surface area contributed by atoms with Crippen LogP contribution in [-0.4, -0.2) is 31.4 Å². The van der Waals surface area contributed by atoms with Crippen molar-refractivity contribution >= 4 is 23.8 Å². The van der Waals surface area contributed by atoms with Crippen molar-refractivity contribution in [3.8, 4) is 23.0 Å². The summed E-state index contributed by atoms with van der Waals surface area (Å²) in [6.07, 6.45) is 17.3. The van der Waals surface area contributed by atoms with Crippen molar-refractivity contribution in [1.82, 2.24) is 0 Å². The summed E-state index contributed by atoms with van der Waals surface area (Å²) in [5, 5.41) is 0. The Hall–Kier alpha value is -5.17. The number of carbonyl (C=O) groups is 2. The molecule has 0 fully saturated rings. The Morgan fingerprint density at radius 3 is 1.61 bits per heavy atom. The minimum Gasteiger partial charge on any atom is -0.494 e. The van der Waals surface area contributed by atoms with E-state index in [1.54, 1.807) is 79.0 Å². The predicted molar refractivity (Wildman–Crippen MR) is 219 cm³/mol. The van der Waals surface area contributed by atoms with Gasteiger partial charge in [0.05, 0.1) is 30.0 Å². The largest absolute Gasteiger partial charge is 0.494 e. The average molecular weight is 732 g/mol. The summed E-state index contributed by atoms with van der Waals surface area (Å²) in [6.45, 7) is 10.1. The number of ether oxygens (including phenoxy) is 4. The van der Waals surface area contributed by atoms with Gasteiger partial charge in [-0.25, -0.2) is 9.59 Å². The third kappa shape index (κ3) is 15.8. The molecule has 7 nitrogen and oxygen atoms in total. The van der Waals surface area contributed by atoms with Crippen LogP contribution in [0.15, 0.2) is 114 Å². The highest BCUT2D eigenvalue weighted by Crippen LogP contribution is 2.22. The third-order valence-electron chi connectivity index (χ3n) is 9.04. The number of rotatable bonds is 23. The summed E-state index contributed by atoms with van der Waals surface area (Å²) in [5.41, 5.74) is 3.79. The first-order chi connectivity index (χ1) is 26.3. The number of allylic oxidation sites excluding steroid dienone is 2. The van der Waals surface area contributed by atoms with Crippen LogP contribution in [0.4, 0.5) is 5.69 Å². The Morgan fingerprint density at radius 2 is 1.07 bits per heavy atom. The fourth-order valence-electron chi connectivity index (χ4n) is 5.68. The van der Waals surface area contributed by atoms with Crippen LogP contribution in [0.25, 0.3) is 0 Å². The molecule has 0 bridgehead atoms. The monoisotopic (exact) mass is 731 g/mol. The van der Waals surface area contributed by atoms with Gasteiger partial charge in [-0.05, 0) is 148 Å². The topological polar surface area (TPSA) is 83.4 Å². The lowest BCUT2D eigenvalue weighted by Crippen LogP contribution is -2.08. The molecule has 4 rings (SSSR count). The van der Waals surface area contributed by atoms with Crippen molar-refractivity contribution in [3.05, 3.63) is 125 Å². The van der Waals surface area contributed by atoms with Gasteiger partial charge < -0.3 is 18.9 Å². The van der Waals surface area contributed by atoms with Crippen LogP contribution in [0, 0.1) is 5.92 Å². The smallest absolute Gasteiger partial charge is 0.343 e. The highest BCUT2D eigenvalue weighted by molar-refractivity contribution is 5.92. The van der Waals surface area contributed by atoms with E-state index in [0.29, 0.717) is 47.4 Å². The van der Waals surface area contributed by atoms with Crippen molar-refractivity contribution in [3.63, 3.8) is 0 Å². The summed E-state index contributed by atoms with van der Waals surface area (Å²) in [5.74, 6) is 2.06. The number of esters is 2. The molecule has 0 radical (unpaired) electrons. The maximum absolute atomic E-state index is 12.7. The molecular weight excluding hydrogens is 675 g/mol. The SMILES string of the molecule is CCCCCCCCCCOc1ccc(C(=O)Oc2ccc(C=Nc3ccc(OC(=O)c4ccc(OCCC(C)CCC=C(C)C)cc4)cc3)cc2)cc1. The van der Waals surface area contributed by atoms with Gasteiger partial charge in [0.25, 0.3) is 0 Å². The molecule has 4 aromatic rings. The van der Waals surface area contributed by atoms with E-state index < -0.39 is 11.9 Å². The number of aliphatic imine (C=N–C) groups is 1. The minimum absolute atomic E-state index is 0.425. The molecule has 286 valence electrons. The Balaban J connectivity index is 1.14. The van der Waals surface area contributed by atoms with Gasteiger partial charge in [-0.2, -0.15) is 0 Å². The molecule has 0 saturated carbocycles. The molecule has 4 aromatic carbocycles. The van der Waals surface area contributed by atoms with Gasteiger partial charge in [-0.1, -0.05) is 70.4 Å². The first-order valence-electron chi connectivity index (χ1n) is 19.6. The number of nitrogens with zero attached hydrogens (tertiary/aromatic N) is 1. The quantitative estimate of drug-likeness (QED) is 0.0248. The summed E-state index contributed by atoms with van der Waals surface area (Å²) in [7, 11) is 0. The minimum atomic E-state index is -0.443. The average Bonchev–Trinajstić information content (AvgIpc) is 3.18. The van der Waals surface area contributed by atoms with Gasteiger partial charge in [-0.3, -0.25) is 4.99 Å². The number of unbranched alkanes of at least 4 members (excludes halogenated alkanes) is 7. The van der Waals surface area contributed by atoms with Crippen LogP contribution >= 0.6 is 0 Å². The van der Waals surface area contributed by atoms with Gasteiger partial charge >= 0.3 is 11.9 Å². The van der Waals surface area contributed by atoms with E-state index in [2.05, 4.69) is 38.8 Å². The Morgan fingerprint density at radius 1 is 0.593 bits per heavy atom. The molecule has 0 saturated heterocycles. The number of benzene rings is 4. The molecule has 7 heteroatoms. The molecule has 0 aliphatic rings. The van der Waals surface area contributed by atoms with Crippen molar-refractivity contribution in [2.24, 2.45) is 10.9 Å². The van der Waals surface area contributed by atoms with E-state index in [9.17, 15) is 9.59 Å². The van der Waals surface area contributed by atoms with Crippen LogP contribution in [-0.2, 0) is 0 Å². The summed E-state index contributed by atoms with van der Waals surface area (Å²) in [4.78, 5) is 29.9. The van der Waals surface area contributed by atoms with Crippen molar-refractivity contribution in [2.45, 2.75) is 98.3 Å². The van der Waals surface area contributed by atoms with Crippen LogP contribution in [0.3, 0.4) is 0 Å².